The van der Waals surface area contributed by atoms with Crippen molar-refractivity contribution in [2.45, 2.75) is 20.8 Å². The van der Waals surface area contributed by atoms with Crippen molar-refractivity contribution in [3.05, 3.63) is 0 Å². The third kappa shape index (κ3) is 5.08. The van der Waals surface area contributed by atoms with Crippen LogP contribution in [-0.4, -0.2) is 18.5 Å². The van der Waals surface area contributed by atoms with Crippen molar-refractivity contribution in [3.63, 3.8) is 0 Å². The average Bonchev–Trinajstić information content (AvgIpc) is 1.72. The molecule has 8 heavy (non-hydrogen) atoms. The monoisotopic (exact) mass is 177 g/mol. The first-order valence-corrected chi connectivity index (χ1v) is 4.97. The van der Waals surface area contributed by atoms with Crippen LogP contribution in [0.3, 0.4) is 0 Å². The second kappa shape index (κ2) is 7.94. The van der Waals surface area contributed by atoms with E-state index in [1.54, 1.807) is 0 Å². The van der Waals surface area contributed by atoms with Gasteiger partial charge in [-0.1, -0.05) is 20.8 Å². The van der Waals surface area contributed by atoms with Gasteiger partial charge < -0.3 is 0 Å². The van der Waals surface area contributed by atoms with Gasteiger partial charge >= 0.3 is 0 Å². The van der Waals surface area contributed by atoms with Gasteiger partial charge in [-0.2, -0.15) is 0 Å². The molecule has 0 aliphatic rings. The van der Waals surface area contributed by atoms with E-state index < -0.39 is 0 Å². The molecule has 0 unspecified atom stereocenters. The zero-order valence-corrected chi connectivity index (χ0v) is 7.84. The standard InChI is InChI=1S/C6H15P.Co/c1-4-7(5-2)6-3;/h4-6H2,1-3H3;. The van der Waals surface area contributed by atoms with Crippen molar-refractivity contribution in [2.75, 3.05) is 18.5 Å². The summed E-state index contributed by atoms with van der Waals surface area (Å²) < 4.78 is 0. The van der Waals surface area contributed by atoms with Crippen LogP contribution < -0.4 is 0 Å². The molecule has 2 heteroatoms. The minimum atomic E-state index is 0. The molecule has 0 aliphatic carbocycles. The molecule has 0 atom stereocenters. The normalized spacial score (nSPS) is 9.00. The van der Waals surface area contributed by atoms with Crippen LogP contribution >= 0.6 is 7.92 Å². The molecule has 0 aromatic carbocycles. The summed E-state index contributed by atoms with van der Waals surface area (Å²) in [5, 5.41) is 0. The Morgan fingerprint density at radius 3 is 1.12 bits per heavy atom. The van der Waals surface area contributed by atoms with Crippen LogP contribution in [0.1, 0.15) is 20.8 Å². The van der Waals surface area contributed by atoms with E-state index >= 15 is 0 Å². The SMILES string of the molecule is CCP(CC)CC.[Co]. The van der Waals surface area contributed by atoms with Gasteiger partial charge in [-0.15, -0.1) is 7.92 Å². The molecule has 0 rings (SSSR count). The zero-order valence-electron chi connectivity index (χ0n) is 5.90. The first-order chi connectivity index (χ1) is 3.35. The van der Waals surface area contributed by atoms with E-state index in [1.165, 1.54) is 18.5 Å². The molecule has 0 amide bonds. The molecule has 0 N–H and O–H groups in total. The molecule has 0 aromatic heterocycles. The first-order valence-electron chi connectivity index (χ1n) is 3.07. The van der Waals surface area contributed by atoms with E-state index in [4.69, 9.17) is 0 Å². The van der Waals surface area contributed by atoms with Gasteiger partial charge in [0.05, 0.1) is 0 Å². The molecule has 0 saturated carbocycles. The van der Waals surface area contributed by atoms with Gasteiger partial charge in [0, 0.05) is 16.8 Å². The van der Waals surface area contributed by atoms with Gasteiger partial charge in [-0.3, -0.25) is 0 Å². The zero-order chi connectivity index (χ0) is 5.70. The molecular formula is C6H15CoP. The molecular weight excluding hydrogens is 162 g/mol. The Bertz CT molecular complexity index is 30.0. The minimum Gasteiger partial charge on any atom is -0.108 e. The fraction of sp³-hybridized carbons (Fsp3) is 1.00. The maximum absolute atomic E-state index is 2.29. The van der Waals surface area contributed by atoms with Crippen molar-refractivity contribution in [1.29, 1.82) is 0 Å². The average molecular weight is 177 g/mol. The summed E-state index contributed by atoms with van der Waals surface area (Å²) >= 11 is 0. The summed E-state index contributed by atoms with van der Waals surface area (Å²) in [6.45, 7) is 6.87. The van der Waals surface area contributed by atoms with Crippen LogP contribution in [0, 0.1) is 0 Å². The second-order valence-electron chi connectivity index (χ2n) is 1.62. The summed E-state index contributed by atoms with van der Waals surface area (Å²) in [6.07, 6.45) is 4.26. The predicted molar refractivity (Wildman–Crippen MR) is 38.5 cm³/mol. The maximum Gasteiger partial charge on any atom is 0 e. The fourth-order valence-electron chi connectivity index (χ4n) is 0.671. The summed E-state index contributed by atoms with van der Waals surface area (Å²) in [5.74, 6) is 0. The Morgan fingerprint density at radius 2 is 1.12 bits per heavy atom. The topological polar surface area (TPSA) is 0 Å². The molecule has 0 spiro atoms. The summed E-state index contributed by atoms with van der Waals surface area (Å²) in [7, 11) is 0.446. The van der Waals surface area contributed by atoms with E-state index in [9.17, 15) is 0 Å². The Labute approximate surface area is 64.4 Å². The van der Waals surface area contributed by atoms with Crippen molar-refractivity contribution in [2.24, 2.45) is 0 Å². The molecule has 0 aromatic rings. The Balaban J connectivity index is 0. The molecule has 0 bridgehead atoms. The van der Waals surface area contributed by atoms with Crippen molar-refractivity contribution in [3.8, 4) is 0 Å². The molecule has 0 nitrogen and oxygen atoms in total. The molecule has 53 valence electrons. The van der Waals surface area contributed by atoms with Gasteiger partial charge in [-0.25, -0.2) is 0 Å². The molecule has 0 aliphatic heterocycles. The smallest absolute Gasteiger partial charge is 0 e. The molecule has 0 fully saturated rings. The van der Waals surface area contributed by atoms with Crippen LogP contribution in [0.2, 0.25) is 0 Å². The van der Waals surface area contributed by atoms with Crippen molar-refractivity contribution >= 4 is 7.92 Å². The van der Waals surface area contributed by atoms with Crippen molar-refractivity contribution < 1.29 is 16.8 Å². The number of hydrogen-bond donors (Lipinski definition) is 0. The maximum atomic E-state index is 2.29. The van der Waals surface area contributed by atoms with Gasteiger partial charge in [0.1, 0.15) is 0 Å². The van der Waals surface area contributed by atoms with E-state index in [0.717, 1.165) is 0 Å². The number of rotatable bonds is 3. The third-order valence-electron chi connectivity index (χ3n) is 1.34. The largest absolute Gasteiger partial charge is 0.108 e. The molecule has 0 saturated heterocycles. The van der Waals surface area contributed by atoms with Crippen LogP contribution in [0.4, 0.5) is 0 Å². The minimum absolute atomic E-state index is 0. The van der Waals surface area contributed by atoms with Gasteiger partial charge in [0.25, 0.3) is 0 Å². The quantitative estimate of drug-likeness (QED) is 0.581. The summed E-state index contributed by atoms with van der Waals surface area (Å²) in [5.41, 5.74) is 0. The predicted octanol–water partition coefficient (Wildman–Crippen LogP) is 2.53. The van der Waals surface area contributed by atoms with Crippen LogP contribution in [-0.2, 0) is 16.8 Å². The second-order valence-corrected chi connectivity index (χ2v) is 4.86. The molecule has 1 radical (unpaired) electrons. The van der Waals surface area contributed by atoms with Crippen molar-refractivity contribution in [1.82, 2.24) is 0 Å². The van der Waals surface area contributed by atoms with Crippen LogP contribution in [0.25, 0.3) is 0 Å². The Kier molecular flexibility index (Phi) is 11.6. The first kappa shape index (κ1) is 11.7. The number of hydrogen-bond acceptors (Lipinski definition) is 0. The summed E-state index contributed by atoms with van der Waals surface area (Å²) in [6, 6.07) is 0. The van der Waals surface area contributed by atoms with Gasteiger partial charge in [0.2, 0.25) is 0 Å². The fourth-order valence-corrected chi connectivity index (χ4v) is 2.01. The van der Waals surface area contributed by atoms with E-state index in [1.807, 2.05) is 0 Å². The third-order valence-corrected chi connectivity index (χ3v) is 4.02. The van der Waals surface area contributed by atoms with Gasteiger partial charge in [0.15, 0.2) is 0 Å². The molecule has 0 heterocycles. The van der Waals surface area contributed by atoms with Crippen LogP contribution in [0.5, 0.6) is 0 Å². The van der Waals surface area contributed by atoms with Gasteiger partial charge in [-0.05, 0) is 18.5 Å². The van der Waals surface area contributed by atoms with E-state index in [2.05, 4.69) is 20.8 Å². The van der Waals surface area contributed by atoms with Crippen LogP contribution in [0.15, 0.2) is 0 Å². The van der Waals surface area contributed by atoms with E-state index in [-0.39, 0.29) is 16.8 Å². The Hall–Kier alpha value is 0.936. The summed E-state index contributed by atoms with van der Waals surface area (Å²) in [4.78, 5) is 0. The van der Waals surface area contributed by atoms with E-state index in [0.29, 0.717) is 7.92 Å². The Morgan fingerprint density at radius 1 is 0.875 bits per heavy atom.